The zero-order chi connectivity index (χ0) is 13.5. The smallest absolute Gasteiger partial charge is 0.123 e. The molecule has 1 aromatic carbocycles. The van der Waals surface area contributed by atoms with Gasteiger partial charge in [-0.3, -0.25) is 0 Å². The topological polar surface area (TPSA) is 18.5 Å². The highest BCUT2D eigenvalue weighted by Gasteiger charge is 2.11. The Kier molecular flexibility index (Phi) is 6.03. The molecule has 0 N–H and O–H groups in total. The number of methoxy groups -OCH3 is 1. The molecule has 1 atom stereocenters. The summed E-state index contributed by atoms with van der Waals surface area (Å²) in [6.45, 7) is 8.53. The van der Waals surface area contributed by atoms with Crippen molar-refractivity contribution in [1.29, 1.82) is 0 Å². The van der Waals surface area contributed by atoms with Crippen LogP contribution in [0.3, 0.4) is 0 Å². The molecule has 1 unspecified atom stereocenters. The van der Waals surface area contributed by atoms with Gasteiger partial charge < -0.3 is 9.47 Å². The normalized spacial score (nSPS) is 12.3. The van der Waals surface area contributed by atoms with E-state index in [0.29, 0.717) is 6.10 Å². The Hall–Kier alpha value is -1.18. The average Bonchev–Trinajstić information content (AvgIpc) is 2.37. The Morgan fingerprint density at radius 2 is 1.67 bits per heavy atom. The van der Waals surface area contributed by atoms with Crippen LogP contribution >= 0.6 is 0 Å². The Morgan fingerprint density at radius 1 is 1.06 bits per heavy atom. The van der Waals surface area contributed by atoms with Crippen molar-refractivity contribution in [3.05, 3.63) is 23.3 Å². The molecule has 2 nitrogen and oxygen atoms in total. The van der Waals surface area contributed by atoms with E-state index in [1.165, 1.54) is 12.8 Å². The van der Waals surface area contributed by atoms with Gasteiger partial charge in [-0.1, -0.05) is 26.7 Å². The second kappa shape index (κ2) is 7.30. The molecule has 0 bridgehead atoms. The highest BCUT2D eigenvalue weighted by molar-refractivity contribution is 5.45. The standard InChI is InChI=1S/C16H26O2/c1-6-8-9-14(7-2)18-16-11-12(3)15(17-5)10-13(16)4/h10-11,14H,6-9H2,1-5H3. The molecule has 0 saturated heterocycles. The molecule has 2 heteroatoms. The zero-order valence-corrected chi connectivity index (χ0v) is 12.4. The highest BCUT2D eigenvalue weighted by atomic mass is 16.5. The minimum atomic E-state index is 0.330. The van der Waals surface area contributed by atoms with Crippen molar-refractivity contribution in [2.24, 2.45) is 0 Å². The van der Waals surface area contributed by atoms with E-state index in [0.717, 1.165) is 35.5 Å². The van der Waals surface area contributed by atoms with E-state index >= 15 is 0 Å². The van der Waals surface area contributed by atoms with Crippen LogP contribution in [0.25, 0.3) is 0 Å². The summed E-state index contributed by atoms with van der Waals surface area (Å²) in [5, 5.41) is 0. The minimum Gasteiger partial charge on any atom is -0.496 e. The third kappa shape index (κ3) is 3.94. The lowest BCUT2D eigenvalue weighted by Gasteiger charge is -2.20. The average molecular weight is 250 g/mol. The van der Waals surface area contributed by atoms with Crippen molar-refractivity contribution in [3.8, 4) is 11.5 Å². The Bertz CT molecular complexity index is 372. The van der Waals surface area contributed by atoms with Crippen molar-refractivity contribution in [2.45, 2.75) is 59.5 Å². The number of hydrogen-bond donors (Lipinski definition) is 0. The molecule has 0 aliphatic rings. The predicted octanol–water partition coefficient (Wildman–Crippen LogP) is 4.66. The molecule has 0 heterocycles. The van der Waals surface area contributed by atoms with Gasteiger partial charge in [0.1, 0.15) is 11.5 Å². The summed E-state index contributed by atoms with van der Waals surface area (Å²) in [7, 11) is 1.71. The van der Waals surface area contributed by atoms with E-state index in [-0.39, 0.29) is 0 Å². The van der Waals surface area contributed by atoms with E-state index in [9.17, 15) is 0 Å². The van der Waals surface area contributed by atoms with Gasteiger partial charge in [-0.25, -0.2) is 0 Å². The van der Waals surface area contributed by atoms with Gasteiger partial charge in [0.25, 0.3) is 0 Å². The molecular weight excluding hydrogens is 224 g/mol. The molecular formula is C16H26O2. The van der Waals surface area contributed by atoms with Gasteiger partial charge in [-0.15, -0.1) is 0 Å². The lowest BCUT2D eigenvalue weighted by atomic mass is 10.1. The predicted molar refractivity (Wildman–Crippen MR) is 76.7 cm³/mol. The maximum Gasteiger partial charge on any atom is 0.123 e. The maximum atomic E-state index is 6.12. The van der Waals surface area contributed by atoms with Gasteiger partial charge in [0.15, 0.2) is 0 Å². The number of hydrogen-bond acceptors (Lipinski definition) is 2. The van der Waals surface area contributed by atoms with Crippen molar-refractivity contribution in [3.63, 3.8) is 0 Å². The van der Waals surface area contributed by atoms with Gasteiger partial charge in [0, 0.05) is 0 Å². The van der Waals surface area contributed by atoms with E-state index in [1.807, 2.05) is 0 Å². The van der Waals surface area contributed by atoms with Gasteiger partial charge >= 0.3 is 0 Å². The van der Waals surface area contributed by atoms with Gasteiger partial charge in [0.2, 0.25) is 0 Å². The fourth-order valence-corrected chi connectivity index (χ4v) is 2.07. The van der Waals surface area contributed by atoms with Gasteiger partial charge in [0.05, 0.1) is 13.2 Å². The second-order valence-electron chi connectivity index (χ2n) is 4.88. The van der Waals surface area contributed by atoms with Crippen LogP contribution in [0, 0.1) is 13.8 Å². The first-order valence-electron chi connectivity index (χ1n) is 6.94. The van der Waals surface area contributed by atoms with Crippen molar-refractivity contribution in [1.82, 2.24) is 0 Å². The van der Waals surface area contributed by atoms with Crippen LogP contribution < -0.4 is 9.47 Å². The lowest BCUT2D eigenvalue weighted by Crippen LogP contribution is -2.15. The Labute approximate surface area is 111 Å². The molecule has 0 amide bonds. The molecule has 0 aliphatic carbocycles. The van der Waals surface area contributed by atoms with Crippen molar-refractivity contribution in [2.75, 3.05) is 7.11 Å². The molecule has 0 spiro atoms. The van der Waals surface area contributed by atoms with Crippen LogP contribution in [0.2, 0.25) is 0 Å². The third-order valence-electron chi connectivity index (χ3n) is 3.32. The maximum absolute atomic E-state index is 6.12. The summed E-state index contributed by atoms with van der Waals surface area (Å²) in [6.07, 6.45) is 4.98. The molecule has 0 aliphatic heterocycles. The number of unbranched alkanes of at least 4 members (excludes halogenated alkanes) is 1. The molecule has 1 aromatic rings. The van der Waals surface area contributed by atoms with E-state index in [1.54, 1.807) is 7.11 Å². The molecule has 102 valence electrons. The SMILES string of the molecule is CCCCC(CC)Oc1cc(C)c(OC)cc1C. The van der Waals surface area contributed by atoms with Crippen molar-refractivity contribution < 1.29 is 9.47 Å². The summed E-state index contributed by atoms with van der Waals surface area (Å²) >= 11 is 0. The third-order valence-corrected chi connectivity index (χ3v) is 3.32. The van der Waals surface area contributed by atoms with E-state index in [2.05, 4.69) is 39.8 Å². The number of rotatable bonds is 7. The fraction of sp³-hybridized carbons (Fsp3) is 0.625. The first-order valence-corrected chi connectivity index (χ1v) is 6.94. The molecule has 0 fully saturated rings. The molecule has 1 rings (SSSR count). The van der Waals surface area contributed by atoms with Gasteiger partial charge in [-0.2, -0.15) is 0 Å². The lowest BCUT2D eigenvalue weighted by molar-refractivity contribution is 0.182. The summed E-state index contributed by atoms with van der Waals surface area (Å²) in [5.41, 5.74) is 2.27. The number of benzene rings is 1. The summed E-state index contributed by atoms with van der Waals surface area (Å²) in [6, 6.07) is 4.14. The summed E-state index contributed by atoms with van der Waals surface area (Å²) < 4.78 is 11.4. The Morgan fingerprint density at radius 3 is 2.22 bits per heavy atom. The number of ether oxygens (including phenoxy) is 2. The molecule has 0 aromatic heterocycles. The Balaban J connectivity index is 2.79. The minimum absolute atomic E-state index is 0.330. The van der Waals surface area contributed by atoms with Crippen LogP contribution in [0.4, 0.5) is 0 Å². The monoisotopic (exact) mass is 250 g/mol. The zero-order valence-electron chi connectivity index (χ0n) is 12.4. The second-order valence-corrected chi connectivity index (χ2v) is 4.88. The van der Waals surface area contributed by atoms with Gasteiger partial charge in [-0.05, 0) is 49.9 Å². The highest BCUT2D eigenvalue weighted by Crippen LogP contribution is 2.29. The molecule has 0 radical (unpaired) electrons. The van der Waals surface area contributed by atoms with E-state index in [4.69, 9.17) is 9.47 Å². The van der Waals surface area contributed by atoms with Crippen LogP contribution in [0.15, 0.2) is 12.1 Å². The first kappa shape index (κ1) is 14.9. The first-order chi connectivity index (χ1) is 8.62. The molecule has 0 saturated carbocycles. The van der Waals surface area contributed by atoms with Crippen LogP contribution in [-0.2, 0) is 0 Å². The number of aryl methyl sites for hydroxylation is 2. The largest absolute Gasteiger partial charge is 0.496 e. The van der Waals surface area contributed by atoms with E-state index < -0.39 is 0 Å². The van der Waals surface area contributed by atoms with Crippen LogP contribution in [0.5, 0.6) is 11.5 Å². The summed E-state index contributed by atoms with van der Waals surface area (Å²) in [4.78, 5) is 0. The fourth-order valence-electron chi connectivity index (χ4n) is 2.07. The van der Waals surface area contributed by atoms with Crippen molar-refractivity contribution >= 4 is 0 Å². The molecule has 18 heavy (non-hydrogen) atoms. The quantitative estimate of drug-likeness (QED) is 0.700. The van der Waals surface area contributed by atoms with Crippen LogP contribution in [-0.4, -0.2) is 13.2 Å². The summed E-state index contributed by atoms with van der Waals surface area (Å²) in [5.74, 6) is 1.93. The van der Waals surface area contributed by atoms with Crippen LogP contribution in [0.1, 0.15) is 50.7 Å².